The summed E-state index contributed by atoms with van der Waals surface area (Å²) in [6.45, 7) is 5.94. The van der Waals surface area contributed by atoms with Gasteiger partial charge in [0.25, 0.3) is 5.56 Å². The highest BCUT2D eigenvalue weighted by Crippen LogP contribution is 2.31. The van der Waals surface area contributed by atoms with E-state index in [2.05, 4.69) is 4.98 Å². The van der Waals surface area contributed by atoms with Crippen molar-refractivity contribution >= 4 is 22.9 Å². The predicted molar refractivity (Wildman–Crippen MR) is 131 cm³/mol. The molecule has 2 fully saturated rings. The molecule has 1 aliphatic heterocycles. The number of H-pyrrole nitrogens is 1. The molecule has 2 amide bonds. The van der Waals surface area contributed by atoms with Crippen molar-refractivity contribution in [2.24, 2.45) is 11.8 Å². The number of hydrogen-bond donors (Lipinski definition) is 1. The third-order valence-electron chi connectivity index (χ3n) is 7.01. The molecule has 2 heterocycles. The number of amides is 2. The summed E-state index contributed by atoms with van der Waals surface area (Å²) in [4.78, 5) is 57.0. The Morgan fingerprint density at radius 3 is 2.31 bits per heavy atom. The molecule has 0 atom stereocenters. The monoisotopic (exact) mass is 486 g/mol. The minimum Gasteiger partial charge on any atom is -0.497 e. The molecule has 1 saturated carbocycles. The number of carbonyl (C=O) groups excluding carboxylic acids is 2. The van der Waals surface area contributed by atoms with Gasteiger partial charge in [0.05, 0.1) is 24.1 Å². The summed E-state index contributed by atoms with van der Waals surface area (Å²) in [5.74, 6) is 0.790. The lowest BCUT2D eigenvalue weighted by Crippen LogP contribution is -2.52. The molecule has 1 aromatic carbocycles. The second-order valence-electron chi connectivity index (χ2n) is 9.72. The minimum absolute atomic E-state index is 0.0590. The first-order valence-electron chi connectivity index (χ1n) is 12.3. The zero-order valence-corrected chi connectivity index (χ0v) is 20.6. The molecular weight excluding hydrogens is 452 g/mol. The number of benzene rings is 1. The van der Waals surface area contributed by atoms with Crippen molar-refractivity contribution < 1.29 is 19.1 Å². The van der Waals surface area contributed by atoms with Gasteiger partial charge < -0.3 is 24.3 Å². The average molecular weight is 487 g/mol. The molecule has 0 spiro atoms. The molecule has 1 N–H and O–H groups in total. The van der Waals surface area contributed by atoms with Gasteiger partial charge in [0.1, 0.15) is 5.75 Å². The molecule has 1 saturated heterocycles. The topological polar surface area (TPSA) is 114 Å². The second kappa shape index (κ2) is 10.5. The van der Waals surface area contributed by atoms with Gasteiger partial charge in [-0.1, -0.05) is 0 Å². The van der Waals surface area contributed by atoms with Crippen molar-refractivity contribution in [1.29, 1.82) is 0 Å². The minimum atomic E-state index is -0.417. The number of aromatic amines is 1. The van der Waals surface area contributed by atoms with Gasteiger partial charge >= 0.3 is 11.8 Å². The van der Waals surface area contributed by atoms with Crippen LogP contribution in [0.3, 0.4) is 0 Å². The van der Waals surface area contributed by atoms with E-state index >= 15 is 0 Å². The Hall–Kier alpha value is -3.30. The van der Waals surface area contributed by atoms with E-state index in [4.69, 9.17) is 9.47 Å². The molecule has 35 heavy (non-hydrogen) atoms. The van der Waals surface area contributed by atoms with E-state index in [0.29, 0.717) is 49.4 Å². The smallest absolute Gasteiger partial charge is 0.410 e. The van der Waals surface area contributed by atoms with Gasteiger partial charge in [0.15, 0.2) is 0 Å². The van der Waals surface area contributed by atoms with E-state index in [0.717, 1.165) is 25.7 Å². The van der Waals surface area contributed by atoms with Crippen LogP contribution in [0.25, 0.3) is 10.9 Å². The van der Waals surface area contributed by atoms with Crippen LogP contribution in [0, 0.1) is 11.8 Å². The Kier molecular flexibility index (Phi) is 7.47. The largest absolute Gasteiger partial charge is 0.497 e. The van der Waals surface area contributed by atoms with Crippen molar-refractivity contribution in [3.8, 4) is 5.75 Å². The van der Waals surface area contributed by atoms with Gasteiger partial charge in [-0.2, -0.15) is 0 Å². The summed E-state index contributed by atoms with van der Waals surface area (Å²) in [5, 5.41) is 0.421. The Balaban J connectivity index is 1.33. The number of nitrogens with one attached hydrogen (secondary N) is 1. The summed E-state index contributed by atoms with van der Waals surface area (Å²) >= 11 is 0. The first-order valence-corrected chi connectivity index (χ1v) is 12.3. The van der Waals surface area contributed by atoms with Gasteiger partial charge in [-0.05, 0) is 63.6 Å². The Morgan fingerprint density at radius 2 is 1.69 bits per heavy atom. The van der Waals surface area contributed by atoms with Gasteiger partial charge in [0, 0.05) is 38.6 Å². The summed E-state index contributed by atoms with van der Waals surface area (Å²) in [7, 11) is 1.53. The Bertz CT molecular complexity index is 1190. The highest BCUT2D eigenvalue weighted by atomic mass is 16.6. The summed E-state index contributed by atoms with van der Waals surface area (Å²) < 4.78 is 11.7. The fraction of sp³-hybridized carbons (Fsp3) is 0.600. The summed E-state index contributed by atoms with van der Waals surface area (Å²) in [6, 6.07) is 5.02. The van der Waals surface area contributed by atoms with Crippen molar-refractivity contribution in [3.05, 3.63) is 39.0 Å². The number of nitrogens with zero attached hydrogens (tertiary/aromatic N) is 3. The van der Waals surface area contributed by atoms with E-state index in [9.17, 15) is 19.2 Å². The fourth-order valence-electron chi connectivity index (χ4n) is 5.02. The SMILES string of the molecule is COc1ccc2[nH]c(=O)n(C[C@H]3CC[C@H](C(=O)N4CCN(C(=O)OC(C)C)CC4)CC3)c(=O)c2c1. The number of piperazine rings is 1. The van der Waals surface area contributed by atoms with Crippen LogP contribution in [0.2, 0.25) is 0 Å². The molecule has 10 heteroatoms. The molecule has 4 rings (SSSR count). The number of ether oxygens (including phenoxy) is 2. The number of rotatable bonds is 5. The Morgan fingerprint density at radius 1 is 1.03 bits per heavy atom. The van der Waals surface area contributed by atoms with Crippen molar-refractivity contribution in [2.75, 3.05) is 33.3 Å². The third-order valence-corrected chi connectivity index (χ3v) is 7.01. The first kappa shape index (κ1) is 24.8. The van der Waals surface area contributed by atoms with Crippen LogP contribution in [0.1, 0.15) is 39.5 Å². The van der Waals surface area contributed by atoms with Crippen LogP contribution >= 0.6 is 0 Å². The first-order chi connectivity index (χ1) is 16.8. The lowest BCUT2D eigenvalue weighted by atomic mass is 9.81. The molecule has 10 nitrogen and oxygen atoms in total. The maximum absolute atomic E-state index is 13.1. The van der Waals surface area contributed by atoms with E-state index in [1.165, 1.54) is 11.7 Å². The van der Waals surface area contributed by atoms with Crippen LogP contribution < -0.4 is 16.0 Å². The van der Waals surface area contributed by atoms with Crippen LogP contribution in [0.4, 0.5) is 4.79 Å². The molecule has 0 radical (unpaired) electrons. The maximum Gasteiger partial charge on any atom is 0.410 e. The normalized spacial score (nSPS) is 20.8. The van der Waals surface area contributed by atoms with Crippen molar-refractivity contribution in [3.63, 3.8) is 0 Å². The maximum atomic E-state index is 13.1. The van der Waals surface area contributed by atoms with Gasteiger partial charge in [-0.15, -0.1) is 0 Å². The standard InChI is InChI=1S/C25H34N4O6/c1-16(2)35-25(33)28-12-10-27(11-13-28)22(30)18-6-4-17(5-7-18)15-29-23(31)20-14-19(34-3)8-9-21(20)26-24(29)32/h8-9,14,16-18H,4-7,10-13,15H2,1-3H3,(H,26,32)/t17-,18-. The highest BCUT2D eigenvalue weighted by molar-refractivity contribution is 5.80. The fourth-order valence-corrected chi connectivity index (χ4v) is 5.02. The van der Waals surface area contributed by atoms with Crippen LogP contribution in [-0.4, -0.2) is 70.7 Å². The molecule has 190 valence electrons. The number of methoxy groups -OCH3 is 1. The molecule has 2 aliphatic rings. The van der Waals surface area contributed by atoms with Crippen molar-refractivity contribution in [1.82, 2.24) is 19.4 Å². The highest BCUT2D eigenvalue weighted by Gasteiger charge is 2.32. The van der Waals surface area contributed by atoms with Crippen LogP contribution in [0.15, 0.2) is 27.8 Å². The second-order valence-corrected chi connectivity index (χ2v) is 9.72. The third kappa shape index (κ3) is 5.52. The van der Waals surface area contributed by atoms with Crippen LogP contribution in [0.5, 0.6) is 5.75 Å². The number of hydrogen-bond acceptors (Lipinski definition) is 6. The lowest BCUT2D eigenvalue weighted by Gasteiger charge is -2.37. The summed E-state index contributed by atoms with van der Waals surface area (Å²) in [5.41, 5.74) is -0.252. The zero-order valence-electron chi connectivity index (χ0n) is 20.6. The van der Waals surface area contributed by atoms with E-state index in [1.807, 2.05) is 18.7 Å². The van der Waals surface area contributed by atoms with E-state index in [-0.39, 0.29) is 35.5 Å². The number of carbonyl (C=O) groups is 2. The van der Waals surface area contributed by atoms with E-state index in [1.54, 1.807) is 23.1 Å². The van der Waals surface area contributed by atoms with Gasteiger partial charge in [-0.25, -0.2) is 9.59 Å². The van der Waals surface area contributed by atoms with Crippen LogP contribution in [-0.2, 0) is 16.1 Å². The molecule has 1 aliphatic carbocycles. The molecule has 2 aromatic rings. The predicted octanol–water partition coefficient (Wildman–Crippen LogP) is 2.19. The number of aromatic nitrogens is 2. The number of fused-ring (bicyclic) bond motifs is 1. The Labute approximate surface area is 203 Å². The van der Waals surface area contributed by atoms with Crippen molar-refractivity contribution in [2.45, 2.75) is 52.2 Å². The van der Waals surface area contributed by atoms with E-state index < -0.39 is 5.69 Å². The average Bonchev–Trinajstić information content (AvgIpc) is 2.86. The van der Waals surface area contributed by atoms with Gasteiger partial charge in [0.2, 0.25) is 5.91 Å². The molecule has 1 aromatic heterocycles. The zero-order chi connectivity index (χ0) is 25.1. The lowest BCUT2D eigenvalue weighted by molar-refractivity contribution is -0.138. The molecule has 0 unspecified atom stereocenters. The molecular formula is C25H34N4O6. The quantitative estimate of drug-likeness (QED) is 0.693. The van der Waals surface area contributed by atoms with Gasteiger partial charge in [-0.3, -0.25) is 14.2 Å². The summed E-state index contributed by atoms with van der Waals surface area (Å²) in [6.07, 6.45) is 2.52. The molecule has 0 bridgehead atoms.